The number of aromatic nitrogens is 1. The molecule has 2 fully saturated rings. The molecule has 0 spiro atoms. The van der Waals surface area contributed by atoms with Gasteiger partial charge in [0.25, 0.3) is 0 Å². The van der Waals surface area contributed by atoms with E-state index in [4.69, 9.17) is 20.9 Å². The van der Waals surface area contributed by atoms with Crippen molar-refractivity contribution in [3.05, 3.63) is 22.8 Å². The number of rotatable bonds is 2. The third-order valence-electron chi connectivity index (χ3n) is 5.19. The molecule has 1 aliphatic carbocycles. The van der Waals surface area contributed by atoms with Crippen LogP contribution in [-0.2, 0) is 9.31 Å². The molecule has 1 aromatic heterocycles. The average molecular weight is 308 g/mol. The molecule has 3 nitrogen and oxygen atoms in total. The Morgan fingerprint density at radius 3 is 2.24 bits per heavy atom. The Morgan fingerprint density at radius 2 is 1.71 bits per heavy atom. The highest BCUT2D eigenvalue weighted by Gasteiger charge is 2.52. The van der Waals surface area contributed by atoms with Gasteiger partial charge < -0.3 is 9.31 Å². The van der Waals surface area contributed by atoms with Crippen LogP contribution in [0.4, 0.5) is 0 Å². The predicted octanol–water partition coefficient (Wildman–Crippen LogP) is 3.69. The molecule has 3 rings (SSSR count). The Hall–Kier alpha value is -0.575. The molecule has 2 aliphatic rings. The monoisotopic (exact) mass is 307 g/mol. The Morgan fingerprint density at radius 1 is 1.14 bits per heavy atom. The van der Waals surface area contributed by atoms with Gasteiger partial charge in [-0.15, -0.1) is 0 Å². The fraction of sp³-hybridized carbons (Fsp3) is 0.688. The zero-order valence-electron chi connectivity index (χ0n) is 13.3. The van der Waals surface area contributed by atoms with E-state index in [2.05, 4.69) is 4.98 Å². The van der Waals surface area contributed by atoms with Gasteiger partial charge >= 0.3 is 7.12 Å². The normalized spacial score (nSPS) is 24.7. The fourth-order valence-electron chi connectivity index (χ4n) is 3.09. The summed E-state index contributed by atoms with van der Waals surface area (Å²) in [6.45, 7) is 8.17. The van der Waals surface area contributed by atoms with E-state index >= 15 is 0 Å². The molecule has 0 aromatic carbocycles. The molecule has 0 radical (unpaired) electrons. The molecule has 1 saturated carbocycles. The van der Waals surface area contributed by atoms with Gasteiger partial charge in [-0.2, -0.15) is 0 Å². The van der Waals surface area contributed by atoms with Gasteiger partial charge in [-0.3, -0.25) is 4.98 Å². The van der Waals surface area contributed by atoms with E-state index in [9.17, 15) is 0 Å². The SMILES string of the molecule is CC1(C)OB(c2cc(Cl)c(C3CCCC3)cn2)OC1(C)C. The maximum atomic E-state index is 6.48. The molecule has 1 aromatic rings. The van der Waals surface area contributed by atoms with Gasteiger partial charge in [-0.1, -0.05) is 24.4 Å². The lowest BCUT2D eigenvalue weighted by Gasteiger charge is -2.32. The molecule has 0 amide bonds. The fourth-order valence-corrected chi connectivity index (χ4v) is 3.40. The van der Waals surface area contributed by atoms with Gasteiger partial charge in [0.15, 0.2) is 0 Å². The van der Waals surface area contributed by atoms with Crippen molar-refractivity contribution < 1.29 is 9.31 Å². The Bertz CT molecular complexity index is 525. The lowest BCUT2D eigenvalue weighted by molar-refractivity contribution is 0.00578. The van der Waals surface area contributed by atoms with Crippen LogP contribution >= 0.6 is 11.6 Å². The molecule has 2 heterocycles. The smallest absolute Gasteiger partial charge is 0.398 e. The summed E-state index contributed by atoms with van der Waals surface area (Å²) in [5.41, 5.74) is 1.24. The maximum absolute atomic E-state index is 6.48. The standard InChI is InChI=1S/C16H23BClNO2/c1-15(2)16(3,4)21-17(20-15)14-9-13(18)12(10-19-14)11-7-5-6-8-11/h9-11H,5-8H2,1-4H3. The summed E-state index contributed by atoms with van der Waals surface area (Å²) in [5.74, 6) is 0.567. The summed E-state index contributed by atoms with van der Waals surface area (Å²) in [4.78, 5) is 4.56. The molecule has 114 valence electrons. The molecule has 0 bridgehead atoms. The van der Waals surface area contributed by atoms with Crippen molar-refractivity contribution >= 4 is 24.3 Å². The van der Waals surface area contributed by atoms with Crippen molar-refractivity contribution in [1.29, 1.82) is 0 Å². The highest BCUT2D eigenvalue weighted by atomic mass is 35.5. The van der Waals surface area contributed by atoms with E-state index in [1.165, 1.54) is 31.2 Å². The van der Waals surface area contributed by atoms with Crippen LogP contribution in [0.15, 0.2) is 12.3 Å². The Kier molecular flexibility index (Phi) is 3.83. The van der Waals surface area contributed by atoms with Crippen LogP contribution in [0.1, 0.15) is 64.9 Å². The number of hydrogen-bond donors (Lipinski definition) is 0. The molecule has 0 atom stereocenters. The van der Waals surface area contributed by atoms with Crippen molar-refractivity contribution in [2.75, 3.05) is 0 Å². The lowest BCUT2D eigenvalue weighted by Crippen LogP contribution is -2.41. The number of nitrogens with zero attached hydrogens (tertiary/aromatic N) is 1. The summed E-state index contributed by atoms with van der Waals surface area (Å²) in [7, 11) is -0.440. The van der Waals surface area contributed by atoms with Crippen LogP contribution in [0.25, 0.3) is 0 Å². The van der Waals surface area contributed by atoms with E-state index in [0.717, 1.165) is 10.6 Å². The first-order valence-electron chi connectivity index (χ1n) is 7.81. The van der Waals surface area contributed by atoms with Gasteiger partial charge in [-0.05, 0) is 58.1 Å². The second kappa shape index (κ2) is 5.25. The largest absolute Gasteiger partial charge is 0.514 e. The molecule has 1 aliphatic heterocycles. The van der Waals surface area contributed by atoms with Crippen LogP contribution in [0.2, 0.25) is 5.02 Å². The van der Waals surface area contributed by atoms with Gasteiger partial charge in [0.1, 0.15) is 0 Å². The van der Waals surface area contributed by atoms with E-state index in [0.29, 0.717) is 5.92 Å². The second-order valence-corrected chi connectivity index (χ2v) is 7.61. The lowest BCUT2D eigenvalue weighted by atomic mass is 9.83. The molecular formula is C16H23BClNO2. The minimum Gasteiger partial charge on any atom is -0.398 e. The van der Waals surface area contributed by atoms with Gasteiger partial charge in [0, 0.05) is 11.2 Å². The van der Waals surface area contributed by atoms with E-state index < -0.39 is 7.12 Å². The first-order chi connectivity index (χ1) is 9.80. The quantitative estimate of drug-likeness (QED) is 0.781. The summed E-state index contributed by atoms with van der Waals surface area (Å²) < 4.78 is 12.1. The first-order valence-corrected chi connectivity index (χ1v) is 8.19. The molecule has 1 saturated heterocycles. The van der Waals surface area contributed by atoms with Gasteiger partial charge in [-0.25, -0.2) is 0 Å². The van der Waals surface area contributed by atoms with E-state index in [1.54, 1.807) is 0 Å². The molecular weight excluding hydrogens is 284 g/mol. The van der Waals surface area contributed by atoms with E-state index in [-0.39, 0.29) is 11.2 Å². The van der Waals surface area contributed by atoms with Crippen molar-refractivity contribution in [2.24, 2.45) is 0 Å². The third-order valence-corrected chi connectivity index (χ3v) is 5.52. The third kappa shape index (κ3) is 2.74. The average Bonchev–Trinajstić information content (AvgIpc) is 2.96. The molecule has 0 N–H and O–H groups in total. The van der Waals surface area contributed by atoms with E-state index in [1.807, 2.05) is 40.0 Å². The van der Waals surface area contributed by atoms with Crippen LogP contribution in [0.3, 0.4) is 0 Å². The minimum absolute atomic E-state index is 0.351. The summed E-state index contributed by atoms with van der Waals surface area (Å²) in [6.07, 6.45) is 6.94. The zero-order valence-corrected chi connectivity index (χ0v) is 14.0. The maximum Gasteiger partial charge on any atom is 0.514 e. The molecule has 0 unspecified atom stereocenters. The van der Waals surface area contributed by atoms with Crippen LogP contribution in [-0.4, -0.2) is 23.3 Å². The number of pyridine rings is 1. The molecule has 5 heteroatoms. The number of hydrogen-bond acceptors (Lipinski definition) is 3. The highest BCUT2D eigenvalue weighted by Crippen LogP contribution is 2.38. The van der Waals surface area contributed by atoms with Crippen molar-refractivity contribution in [3.63, 3.8) is 0 Å². The topological polar surface area (TPSA) is 31.4 Å². The predicted molar refractivity (Wildman–Crippen MR) is 86.2 cm³/mol. The summed E-state index contributed by atoms with van der Waals surface area (Å²) in [5, 5.41) is 0.793. The van der Waals surface area contributed by atoms with Crippen molar-refractivity contribution in [1.82, 2.24) is 4.98 Å². The first kappa shape index (κ1) is 15.3. The van der Waals surface area contributed by atoms with Gasteiger partial charge in [0.05, 0.1) is 16.8 Å². The van der Waals surface area contributed by atoms with Crippen molar-refractivity contribution in [3.8, 4) is 0 Å². The summed E-state index contributed by atoms with van der Waals surface area (Å²) in [6, 6.07) is 1.91. The Balaban J connectivity index is 1.83. The van der Waals surface area contributed by atoms with Crippen LogP contribution in [0, 0.1) is 0 Å². The van der Waals surface area contributed by atoms with Crippen LogP contribution < -0.4 is 5.59 Å². The number of halogens is 1. The van der Waals surface area contributed by atoms with Crippen molar-refractivity contribution in [2.45, 2.75) is 70.5 Å². The highest BCUT2D eigenvalue weighted by molar-refractivity contribution is 6.61. The second-order valence-electron chi connectivity index (χ2n) is 7.20. The Labute approximate surface area is 132 Å². The zero-order chi connectivity index (χ0) is 15.3. The minimum atomic E-state index is -0.440. The molecule has 21 heavy (non-hydrogen) atoms. The van der Waals surface area contributed by atoms with Crippen LogP contribution in [0.5, 0.6) is 0 Å². The summed E-state index contributed by atoms with van der Waals surface area (Å²) >= 11 is 6.48. The van der Waals surface area contributed by atoms with Gasteiger partial charge in [0.2, 0.25) is 0 Å².